The molecular weight excluding hydrogens is 430 g/mol. The number of aryl methyl sites for hydroxylation is 2. The number of rotatable bonds is 4. The second kappa shape index (κ2) is 7.55. The molecule has 5 rings (SSSR count). The first kappa shape index (κ1) is 20.9. The predicted octanol–water partition coefficient (Wildman–Crippen LogP) is 3.63. The van der Waals surface area contributed by atoms with Gasteiger partial charge in [0, 0.05) is 29.7 Å². The molecule has 3 aromatic heterocycles. The Balaban J connectivity index is 1.48. The lowest BCUT2D eigenvalue weighted by atomic mass is 9.89. The van der Waals surface area contributed by atoms with E-state index >= 15 is 0 Å². The van der Waals surface area contributed by atoms with Gasteiger partial charge in [-0.3, -0.25) is 4.68 Å². The maximum atomic E-state index is 12.0. The summed E-state index contributed by atoms with van der Waals surface area (Å²) < 4.78 is 25.8. The number of hydrogen-bond acceptors (Lipinski definition) is 7. The van der Waals surface area contributed by atoms with Crippen LogP contribution < -0.4 is 4.90 Å². The molecule has 9 heteroatoms. The average Bonchev–Trinajstić information content (AvgIpc) is 3.35. The van der Waals surface area contributed by atoms with Crippen LogP contribution in [0, 0.1) is 19.8 Å². The zero-order chi connectivity index (χ0) is 21.9. The van der Waals surface area contributed by atoms with Gasteiger partial charge < -0.3 is 4.90 Å². The van der Waals surface area contributed by atoms with Crippen molar-refractivity contribution in [2.24, 2.45) is 5.92 Å². The lowest BCUT2D eigenvalue weighted by molar-refractivity contribution is 0.485. The molecule has 2 unspecified atom stereocenters. The topological polar surface area (TPSA) is 81.0 Å². The molecule has 0 aromatic carbocycles. The Morgan fingerprint density at radius 1 is 1.26 bits per heavy atom. The Labute approximate surface area is 187 Å². The van der Waals surface area contributed by atoms with E-state index in [1.54, 1.807) is 6.33 Å². The first-order valence-corrected chi connectivity index (χ1v) is 13.6. The molecule has 7 nitrogen and oxygen atoms in total. The minimum Gasteiger partial charge on any atom is -0.355 e. The van der Waals surface area contributed by atoms with Crippen LogP contribution in [0.1, 0.15) is 53.2 Å². The molecule has 1 aliphatic heterocycles. The molecule has 0 bridgehead atoms. The number of hydrogen-bond donors (Lipinski definition) is 0. The molecule has 0 N–H and O–H groups in total. The van der Waals surface area contributed by atoms with Crippen LogP contribution in [-0.4, -0.2) is 46.7 Å². The maximum Gasteiger partial charge on any atom is 0.152 e. The van der Waals surface area contributed by atoms with E-state index in [0.29, 0.717) is 13.0 Å². The van der Waals surface area contributed by atoms with Crippen molar-refractivity contribution in [2.75, 3.05) is 23.5 Å². The molecule has 3 aromatic rings. The van der Waals surface area contributed by atoms with Crippen LogP contribution in [0.3, 0.4) is 0 Å². The zero-order valence-corrected chi connectivity index (χ0v) is 20.2. The number of thiophene rings is 1. The van der Waals surface area contributed by atoms with Crippen LogP contribution in [-0.2, 0) is 29.2 Å². The number of anilines is 1. The fourth-order valence-electron chi connectivity index (χ4n) is 5.11. The second-order valence-electron chi connectivity index (χ2n) is 9.24. The Bertz CT molecular complexity index is 1260. The molecule has 0 radical (unpaired) electrons. The summed E-state index contributed by atoms with van der Waals surface area (Å²) in [6.45, 7) is 7.08. The molecule has 2 atom stereocenters. The third-order valence-electron chi connectivity index (χ3n) is 6.86. The number of sulfone groups is 1. The molecule has 2 aliphatic rings. The van der Waals surface area contributed by atoms with Gasteiger partial charge >= 0.3 is 0 Å². The van der Waals surface area contributed by atoms with Crippen molar-refractivity contribution in [2.45, 2.75) is 59.0 Å². The van der Waals surface area contributed by atoms with Gasteiger partial charge in [0.15, 0.2) is 9.84 Å². The normalized spacial score (nSPS) is 22.7. The summed E-state index contributed by atoms with van der Waals surface area (Å²) in [4.78, 5) is 14.0. The van der Waals surface area contributed by atoms with Crippen LogP contribution in [0.2, 0.25) is 0 Å². The predicted molar refractivity (Wildman–Crippen MR) is 125 cm³/mol. The van der Waals surface area contributed by atoms with E-state index < -0.39 is 9.84 Å². The lowest BCUT2D eigenvalue weighted by Crippen LogP contribution is -2.20. The van der Waals surface area contributed by atoms with Crippen molar-refractivity contribution in [3.63, 3.8) is 0 Å². The summed E-state index contributed by atoms with van der Waals surface area (Å²) in [6.07, 6.45) is 5.76. The van der Waals surface area contributed by atoms with E-state index in [2.05, 4.69) is 35.8 Å². The van der Waals surface area contributed by atoms with E-state index in [1.807, 2.05) is 22.9 Å². The third kappa shape index (κ3) is 3.65. The van der Waals surface area contributed by atoms with Gasteiger partial charge in [-0.2, -0.15) is 5.10 Å². The van der Waals surface area contributed by atoms with Gasteiger partial charge in [0.2, 0.25) is 0 Å². The number of nitrogens with zero attached hydrogens (tertiary/aromatic N) is 5. The molecule has 31 heavy (non-hydrogen) atoms. The largest absolute Gasteiger partial charge is 0.355 e. The molecule has 1 fully saturated rings. The van der Waals surface area contributed by atoms with Gasteiger partial charge in [0.1, 0.15) is 17.0 Å². The molecule has 0 saturated carbocycles. The molecule has 0 spiro atoms. The highest BCUT2D eigenvalue weighted by molar-refractivity contribution is 7.91. The second-order valence-corrected chi connectivity index (χ2v) is 12.5. The summed E-state index contributed by atoms with van der Waals surface area (Å²) in [5.41, 5.74) is 4.59. The average molecular weight is 460 g/mol. The highest BCUT2D eigenvalue weighted by atomic mass is 32.2. The fraction of sp³-hybridized carbons (Fsp3) is 0.591. The summed E-state index contributed by atoms with van der Waals surface area (Å²) in [7, 11) is -0.871. The van der Waals surface area contributed by atoms with Crippen molar-refractivity contribution in [1.29, 1.82) is 0 Å². The van der Waals surface area contributed by atoms with Gasteiger partial charge in [0.05, 0.1) is 28.6 Å². The van der Waals surface area contributed by atoms with Crippen molar-refractivity contribution in [1.82, 2.24) is 19.7 Å². The Kier molecular flexibility index (Phi) is 5.08. The standard InChI is InChI=1S/C22H29N5O2S2/c1-13-5-6-17-19(9-13)30-22-20(17)21(23-12-24-22)26(4)10-18-14(2)25-27(15(18)3)16-7-8-31(28,29)11-16/h12-13,16H,5-11H2,1-4H3. The first-order chi connectivity index (χ1) is 14.7. The van der Waals surface area contributed by atoms with Crippen molar-refractivity contribution < 1.29 is 8.42 Å². The Morgan fingerprint density at radius 3 is 2.81 bits per heavy atom. The minimum absolute atomic E-state index is 0.0561. The van der Waals surface area contributed by atoms with Crippen molar-refractivity contribution >= 4 is 37.2 Å². The van der Waals surface area contributed by atoms with Crippen LogP contribution in [0.5, 0.6) is 0 Å². The van der Waals surface area contributed by atoms with Crippen LogP contribution >= 0.6 is 11.3 Å². The van der Waals surface area contributed by atoms with Crippen molar-refractivity contribution in [3.05, 3.63) is 33.7 Å². The number of fused-ring (bicyclic) bond motifs is 3. The molecule has 1 saturated heterocycles. The van der Waals surface area contributed by atoms with Crippen LogP contribution in [0.4, 0.5) is 5.82 Å². The smallest absolute Gasteiger partial charge is 0.152 e. The van der Waals surface area contributed by atoms with Gasteiger partial charge in [0.25, 0.3) is 0 Å². The van der Waals surface area contributed by atoms with E-state index in [1.165, 1.54) is 22.2 Å². The number of aromatic nitrogens is 4. The summed E-state index contributed by atoms with van der Waals surface area (Å²) in [6, 6.07) is -0.0561. The Morgan fingerprint density at radius 2 is 2.06 bits per heavy atom. The summed E-state index contributed by atoms with van der Waals surface area (Å²) in [5.74, 6) is 2.15. The zero-order valence-electron chi connectivity index (χ0n) is 18.6. The van der Waals surface area contributed by atoms with Gasteiger partial charge in [-0.25, -0.2) is 18.4 Å². The quantitative estimate of drug-likeness (QED) is 0.593. The molecule has 166 valence electrons. The highest BCUT2D eigenvalue weighted by Gasteiger charge is 2.32. The molecular formula is C22H29N5O2S2. The monoisotopic (exact) mass is 459 g/mol. The maximum absolute atomic E-state index is 12.0. The van der Waals surface area contributed by atoms with E-state index in [9.17, 15) is 8.42 Å². The van der Waals surface area contributed by atoms with E-state index in [-0.39, 0.29) is 17.5 Å². The highest BCUT2D eigenvalue weighted by Crippen LogP contribution is 2.40. The van der Waals surface area contributed by atoms with Gasteiger partial charge in [-0.15, -0.1) is 11.3 Å². The summed E-state index contributed by atoms with van der Waals surface area (Å²) >= 11 is 1.82. The van der Waals surface area contributed by atoms with Crippen LogP contribution in [0.15, 0.2) is 6.33 Å². The third-order valence-corrected chi connectivity index (χ3v) is 9.77. The molecule has 4 heterocycles. The van der Waals surface area contributed by atoms with Gasteiger partial charge in [-0.1, -0.05) is 6.92 Å². The molecule has 0 amide bonds. The minimum atomic E-state index is -2.95. The van der Waals surface area contributed by atoms with Crippen molar-refractivity contribution in [3.8, 4) is 0 Å². The first-order valence-electron chi connectivity index (χ1n) is 10.9. The lowest BCUT2D eigenvalue weighted by Gasteiger charge is -2.22. The van der Waals surface area contributed by atoms with E-state index in [4.69, 9.17) is 5.10 Å². The fourth-order valence-corrected chi connectivity index (χ4v) is 8.15. The van der Waals surface area contributed by atoms with Crippen LogP contribution in [0.25, 0.3) is 10.2 Å². The van der Waals surface area contributed by atoms with Gasteiger partial charge in [-0.05, 0) is 51.0 Å². The SMILES string of the molecule is Cc1nn(C2CCS(=O)(=O)C2)c(C)c1CN(C)c1ncnc2sc3c(c12)CCC(C)C3. The van der Waals surface area contributed by atoms with E-state index in [0.717, 1.165) is 46.4 Å². The molecule has 1 aliphatic carbocycles. The summed E-state index contributed by atoms with van der Waals surface area (Å²) in [5, 5.41) is 5.94. The Hall–Kier alpha value is -2.00.